The zero-order chi connectivity index (χ0) is 15.6. The Kier molecular flexibility index (Phi) is 4.37. The third-order valence-corrected chi connectivity index (χ3v) is 2.84. The number of anilines is 1. The molecule has 0 bridgehead atoms. The Labute approximate surface area is 119 Å². The molecule has 1 aromatic heterocycles. The molecule has 0 aliphatic rings. The minimum absolute atomic E-state index is 0.0219. The second kappa shape index (κ2) is 6.04. The van der Waals surface area contributed by atoms with Gasteiger partial charge in [0.15, 0.2) is 11.6 Å². The van der Waals surface area contributed by atoms with Crippen LogP contribution in [-0.2, 0) is 20.8 Å². The lowest BCUT2D eigenvalue weighted by atomic mass is 10.3. The number of halogens is 2. The Morgan fingerprint density at radius 1 is 1.43 bits per heavy atom. The molecule has 0 aliphatic carbocycles. The maximum absolute atomic E-state index is 13.3. The quantitative estimate of drug-likeness (QED) is 0.846. The second-order valence-electron chi connectivity index (χ2n) is 4.57. The standard InChI is InChI=1S/C13H15F2N3O3/c1-7(6-20-2)21-12(19)5-18-11-4-9(15)8(14)3-10(11)17-13(18)16/h3-4,7H,5-6H2,1-2H3,(H2,16,17). The summed E-state index contributed by atoms with van der Waals surface area (Å²) in [7, 11) is 1.49. The van der Waals surface area contributed by atoms with Crippen LogP contribution in [0, 0.1) is 11.6 Å². The van der Waals surface area contributed by atoms with E-state index in [9.17, 15) is 13.6 Å². The molecule has 0 saturated heterocycles. The van der Waals surface area contributed by atoms with Gasteiger partial charge in [-0.15, -0.1) is 0 Å². The van der Waals surface area contributed by atoms with Crippen LogP contribution in [0.1, 0.15) is 6.92 Å². The summed E-state index contributed by atoms with van der Waals surface area (Å²) < 4.78 is 37.6. The summed E-state index contributed by atoms with van der Waals surface area (Å²) in [6, 6.07) is 1.87. The lowest BCUT2D eigenvalue weighted by Gasteiger charge is -2.13. The summed E-state index contributed by atoms with van der Waals surface area (Å²) in [5.41, 5.74) is 6.06. The van der Waals surface area contributed by atoms with Crippen LogP contribution < -0.4 is 5.73 Å². The van der Waals surface area contributed by atoms with Crippen molar-refractivity contribution in [2.45, 2.75) is 19.6 Å². The normalized spacial score (nSPS) is 12.6. The molecule has 2 N–H and O–H groups in total. The Balaban J connectivity index is 2.24. The zero-order valence-electron chi connectivity index (χ0n) is 11.6. The fraction of sp³-hybridized carbons (Fsp3) is 0.385. The first-order valence-corrected chi connectivity index (χ1v) is 6.21. The number of imidazole rings is 1. The molecule has 0 radical (unpaired) electrons. The third kappa shape index (κ3) is 3.27. The third-order valence-electron chi connectivity index (χ3n) is 2.84. The van der Waals surface area contributed by atoms with Crippen LogP contribution in [0.5, 0.6) is 0 Å². The van der Waals surface area contributed by atoms with Crippen molar-refractivity contribution in [2.75, 3.05) is 19.5 Å². The number of carbonyl (C=O) groups excluding carboxylic acids is 1. The first kappa shape index (κ1) is 15.2. The molecule has 2 rings (SSSR count). The molecule has 2 aromatic rings. The number of nitrogens with zero attached hydrogens (tertiary/aromatic N) is 2. The van der Waals surface area contributed by atoms with Crippen LogP contribution in [0.3, 0.4) is 0 Å². The van der Waals surface area contributed by atoms with E-state index in [1.807, 2.05) is 0 Å². The number of hydrogen-bond donors (Lipinski definition) is 1. The van der Waals surface area contributed by atoms with Gasteiger partial charge in [0.2, 0.25) is 5.95 Å². The average molecular weight is 299 g/mol. The van der Waals surface area contributed by atoms with Gasteiger partial charge >= 0.3 is 5.97 Å². The predicted octanol–water partition coefficient (Wildman–Crippen LogP) is 1.47. The number of rotatable bonds is 5. The molecule has 21 heavy (non-hydrogen) atoms. The highest BCUT2D eigenvalue weighted by Crippen LogP contribution is 2.21. The summed E-state index contributed by atoms with van der Waals surface area (Å²) in [6.07, 6.45) is -0.423. The fourth-order valence-corrected chi connectivity index (χ4v) is 1.96. The highest BCUT2D eigenvalue weighted by atomic mass is 19.2. The monoisotopic (exact) mass is 299 g/mol. The summed E-state index contributed by atoms with van der Waals surface area (Å²) in [5, 5.41) is 0. The van der Waals surface area contributed by atoms with Crippen LogP contribution in [0.25, 0.3) is 11.0 Å². The van der Waals surface area contributed by atoms with Crippen LogP contribution in [0.15, 0.2) is 12.1 Å². The molecule has 6 nitrogen and oxygen atoms in total. The van der Waals surface area contributed by atoms with Crippen molar-refractivity contribution >= 4 is 23.0 Å². The lowest BCUT2D eigenvalue weighted by molar-refractivity contribution is -0.151. The van der Waals surface area contributed by atoms with Gasteiger partial charge < -0.3 is 15.2 Å². The number of nitrogen functional groups attached to an aromatic ring is 1. The zero-order valence-corrected chi connectivity index (χ0v) is 11.6. The van der Waals surface area contributed by atoms with Crippen LogP contribution in [0.2, 0.25) is 0 Å². The van der Waals surface area contributed by atoms with E-state index in [4.69, 9.17) is 15.2 Å². The Morgan fingerprint density at radius 3 is 2.76 bits per heavy atom. The molecule has 0 fully saturated rings. The largest absolute Gasteiger partial charge is 0.459 e. The van der Waals surface area contributed by atoms with Crippen molar-refractivity contribution in [3.8, 4) is 0 Å². The molecule has 0 saturated carbocycles. The van der Waals surface area contributed by atoms with Crippen molar-refractivity contribution in [3.05, 3.63) is 23.8 Å². The summed E-state index contributed by atoms with van der Waals surface area (Å²) >= 11 is 0. The van der Waals surface area contributed by atoms with Gasteiger partial charge in [-0.25, -0.2) is 13.8 Å². The molecule has 0 spiro atoms. The highest BCUT2D eigenvalue weighted by molar-refractivity contribution is 5.81. The topological polar surface area (TPSA) is 79.4 Å². The first-order chi connectivity index (χ1) is 9.92. The smallest absolute Gasteiger partial charge is 0.326 e. The van der Waals surface area contributed by atoms with Gasteiger partial charge in [-0.3, -0.25) is 9.36 Å². The molecule has 1 atom stereocenters. The SMILES string of the molecule is COCC(C)OC(=O)Cn1c(N)nc2cc(F)c(F)cc21. The summed E-state index contributed by atoms with van der Waals surface area (Å²) in [4.78, 5) is 15.7. The van der Waals surface area contributed by atoms with Crippen molar-refractivity contribution in [2.24, 2.45) is 0 Å². The summed E-state index contributed by atoms with van der Waals surface area (Å²) in [5.74, 6) is -2.66. The van der Waals surface area contributed by atoms with E-state index < -0.39 is 23.7 Å². The fourth-order valence-electron chi connectivity index (χ4n) is 1.96. The Bertz CT molecular complexity index is 672. The Morgan fingerprint density at radius 2 is 2.10 bits per heavy atom. The predicted molar refractivity (Wildman–Crippen MR) is 71.5 cm³/mol. The molecular weight excluding hydrogens is 284 g/mol. The van der Waals surface area contributed by atoms with Crippen molar-refractivity contribution in [3.63, 3.8) is 0 Å². The minimum Gasteiger partial charge on any atom is -0.459 e. The van der Waals surface area contributed by atoms with Crippen molar-refractivity contribution in [1.82, 2.24) is 9.55 Å². The molecule has 1 heterocycles. The van der Waals surface area contributed by atoms with E-state index >= 15 is 0 Å². The van der Waals surface area contributed by atoms with Gasteiger partial charge in [0.05, 0.1) is 17.6 Å². The minimum atomic E-state index is -1.04. The number of carbonyl (C=O) groups is 1. The highest BCUT2D eigenvalue weighted by Gasteiger charge is 2.17. The molecular formula is C13H15F2N3O3. The first-order valence-electron chi connectivity index (χ1n) is 6.21. The number of aromatic nitrogens is 2. The van der Waals surface area contributed by atoms with Gasteiger partial charge in [0, 0.05) is 19.2 Å². The molecule has 0 amide bonds. The maximum atomic E-state index is 13.3. The molecule has 1 aromatic carbocycles. The lowest BCUT2D eigenvalue weighted by Crippen LogP contribution is -2.23. The maximum Gasteiger partial charge on any atom is 0.326 e. The number of nitrogens with two attached hydrogens (primary N) is 1. The van der Waals surface area contributed by atoms with E-state index in [1.165, 1.54) is 11.7 Å². The number of esters is 1. The number of hydrogen-bond acceptors (Lipinski definition) is 5. The van der Waals surface area contributed by atoms with Gasteiger partial charge in [0.1, 0.15) is 12.6 Å². The van der Waals surface area contributed by atoms with Gasteiger partial charge in [-0.1, -0.05) is 0 Å². The number of benzene rings is 1. The number of methoxy groups -OCH3 is 1. The average Bonchev–Trinajstić information content (AvgIpc) is 2.67. The van der Waals surface area contributed by atoms with E-state index in [0.29, 0.717) is 0 Å². The number of ether oxygens (including phenoxy) is 2. The molecule has 8 heteroatoms. The Hall–Kier alpha value is -2.22. The van der Waals surface area contributed by atoms with Gasteiger partial charge in [0.25, 0.3) is 0 Å². The van der Waals surface area contributed by atoms with E-state index in [2.05, 4.69) is 4.98 Å². The van der Waals surface area contributed by atoms with Crippen molar-refractivity contribution in [1.29, 1.82) is 0 Å². The van der Waals surface area contributed by atoms with Crippen molar-refractivity contribution < 1.29 is 23.0 Å². The van der Waals surface area contributed by atoms with E-state index in [-0.39, 0.29) is 30.1 Å². The number of fused-ring (bicyclic) bond motifs is 1. The summed E-state index contributed by atoms with van der Waals surface area (Å²) in [6.45, 7) is 1.68. The van der Waals surface area contributed by atoms with Gasteiger partial charge in [-0.2, -0.15) is 0 Å². The molecule has 1 unspecified atom stereocenters. The van der Waals surface area contributed by atoms with Crippen LogP contribution in [-0.4, -0.2) is 35.3 Å². The van der Waals surface area contributed by atoms with Crippen LogP contribution in [0.4, 0.5) is 14.7 Å². The van der Waals surface area contributed by atoms with Gasteiger partial charge in [-0.05, 0) is 6.92 Å². The second-order valence-corrected chi connectivity index (χ2v) is 4.57. The van der Waals surface area contributed by atoms with E-state index in [1.54, 1.807) is 6.92 Å². The molecule has 0 aliphatic heterocycles. The van der Waals surface area contributed by atoms with E-state index in [0.717, 1.165) is 12.1 Å². The molecule has 114 valence electrons. The van der Waals surface area contributed by atoms with Crippen LogP contribution >= 0.6 is 0 Å².